The van der Waals surface area contributed by atoms with Gasteiger partial charge in [-0.25, -0.2) is 10.5 Å². The maximum absolute atomic E-state index is 11.1. The highest BCUT2D eigenvalue weighted by Crippen LogP contribution is 2.46. The number of hydrogen-bond donors (Lipinski definition) is 6. The Balaban J connectivity index is 1.40. The van der Waals surface area contributed by atoms with Gasteiger partial charge in [0.15, 0.2) is 5.75 Å². The summed E-state index contributed by atoms with van der Waals surface area (Å²) in [4.78, 5) is 0.829. The molecule has 0 bridgehead atoms. The van der Waals surface area contributed by atoms with Crippen LogP contribution in [-0.4, -0.2) is 30.9 Å². The lowest BCUT2D eigenvalue weighted by Gasteiger charge is -2.10. The number of aryl methyl sites for hydroxylation is 1. The SMILES string of the molecule is Cc1cc(N=Nc2c(SOOO)cc3cc(N=Nc4ccc(O)cc4O)ccc3c2O)c(O)cc1N=Nc1ccc(SOOO)cc1. The van der Waals surface area contributed by atoms with Crippen molar-refractivity contribution in [3.8, 4) is 23.0 Å². The molecule has 240 valence electrons. The summed E-state index contributed by atoms with van der Waals surface area (Å²) in [6, 6.07) is 19.7. The molecule has 0 fully saturated rings. The molecule has 0 atom stereocenters. The standard InChI is InChI=1S/C29H22N6O10S2/c1-15-10-24(26(38)14-23(15)33-30-17-2-6-20(7-3-17)46-44-42-40)34-35-28-27(47-45-43-41)12-16-11-18(4-8-21(16)29(28)39)31-32-22-9-5-19(36)13-25(22)37/h2-14,36-41H,1H3. The summed E-state index contributed by atoms with van der Waals surface area (Å²) in [6.45, 7) is 1.73. The van der Waals surface area contributed by atoms with E-state index in [2.05, 4.69) is 49.4 Å². The Morgan fingerprint density at radius 3 is 1.98 bits per heavy atom. The van der Waals surface area contributed by atoms with E-state index in [0.29, 0.717) is 50.3 Å². The third kappa shape index (κ3) is 8.35. The normalized spacial score (nSPS) is 11.9. The molecule has 0 saturated carbocycles. The Labute approximate surface area is 273 Å². The third-order valence-corrected chi connectivity index (χ3v) is 7.46. The Morgan fingerprint density at radius 2 is 1.23 bits per heavy atom. The first kappa shape index (κ1) is 33.2. The summed E-state index contributed by atoms with van der Waals surface area (Å²) in [6.07, 6.45) is 0. The van der Waals surface area contributed by atoms with E-state index in [1.54, 1.807) is 55.5 Å². The maximum Gasteiger partial charge on any atom is 0.152 e. The number of nitrogens with zero attached hydrogens (tertiary/aromatic N) is 6. The fourth-order valence-electron chi connectivity index (χ4n) is 4.02. The Bertz CT molecular complexity index is 1990. The summed E-state index contributed by atoms with van der Waals surface area (Å²) >= 11 is 1.34. The fourth-order valence-corrected chi connectivity index (χ4v) is 4.87. The van der Waals surface area contributed by atoms with Crippen molar-refractivity contribution in [2.75, 3.05) is 0 Å². The number of fused-ring (bicyclic) bond motifs is 1. The van der Waals surface area contributed by atoms with Crippen LogP contribution in [0.3, 0.4) is 0 Å². The van der Waals surface area contributed by atoms with Crippen molar-refractivity contribution in [3.63, 3.8) is 0 Å². The lowest BCUT2D eigenvalue weighted by atomic mass is 10.1. The molecule has 0 radical (unpaired) electrons. The van der Waals surface area contributed by atoms with Crippen molar-refractivity contribution in [1.29, 1.82) is 0 Å². The van der Waals surface area contributed by atoms with Crippen molar-refractivity contribution in [1.82, 2.24) is 0 Å². The number of rotatable bonds is 12. The lowest BCUT2D eigenvalue weighted by Crippen LogP contribution is -1.83. The highest BCUT2D eigenvalue weighted by atomic mass is 32.2. The van der Waals surface area contributed by atoms with Crippen LogP contribution in [0.15, 0.2) is 119 Å². The van der Waals surface area contributed by atoms with E-state index in [4.69, 9.17) is 10.5 Å². The summed E-state index contributed by atoms with van der Waals surface area (Å²) in [7, 11) is 0. The molecule has 18 heteroatoms. The third-order valence-electron chi connectivity index (χ3n) is 6.24. The zero-order chi connectivity index (χ0) is 33.3. The fraction of sp³-hybridized carbons (Fsp3) is 0.0345. The molecule has 0 aromatic heterocycles. The van der Waals surface area contributed by atoms with Gasteiger partial charge in [-0.2, -0.15) is 15.3 Å². The van der Waals surface area contributed by atoms with Gasteiger partial charge in [-0.3, -0.25) is 0 Å². The predicted molar refractivity (Wildman–Crippen MR) is 169 cm³/mol. The van der Waals surface area contributed by atoms with Crippen LogP contribution in [0.2, 0.25) is 0 Å². The van der Waals surface area contributed by atoms with Crippen LogP contribution >= 0.6 is 24.1 Å². The molecule has 0 saturated heterocycles. The van der Waals surface area contributed by atoms with Gasteiger partial charge in [-0.05, 0) is 84.6 Å². The molecule has 0 amide bonds. The molecule has 47 heavy (non-hydrogen) atoms. The first-order chi connectivity index (χ1) is 22.7. The van der Waals surface area contributed by atoms with Crippen LogP contribution in [0.25, 0.3) is 10.8 Å². The van der Waals surface area contributed by atoms with Gasteiger partial charge in [0.05, 0.1) is 46.0 Å². The summed E-state index contributed by atoms with van der Waals surface area (Å²) in [5, 5.41) is 91.0. The topological polar surface area (TPSA) is 232 Å². The van der Waals surface area contributed by atoms with Crippen molar-refractivity contribution < 1.29 is 49.7 Å². The van der Waals surface area contributed by atoms with Crippen molar-refractivity contribution in [2.45, 2.75) is 16.7 Å². The number of hydrogen-bond acceptors (Lipinski definition) is 18. The van der Waals surface area contributed by atoms with E-state index >= 15 is 0 Å². The van der Waals surface area contributed by atoms with Crippen LogP contribution in [0, 0.1) is 6.92 Å². The zero-order valence-electron chi connectivity index (χ0n) is 23.8. The van der Waals surface area contributed by atoms with E-state index in [0.717, 1.165) is 18.1 Å². The van der Waals surface area contributed by atoms with Crippen LogP contribution < -0.4 is 0 Å². The minimum atomic E-state index is -0.295. The number of phenols is 4. The molecule has 0 aliphatic heterocycles. The first-order valence-corrected chi connectivity index (χ1v) is 14.5. The highest BCUT2D eigenvalue weighted by Gasteiger charge is 2.16. The van der Waals surface area contributed by atoms with Gasteiger partial charge >= 0.3 is 0 Å². The van der Waals surface area contributed by atoms with E-state index in [1.807, 2.05) is 0 Å². The maximum atomic E-state index is 11.1. The minimum Gasteiger partial charge on any atom is -0.508 e. The largest absolute Gasteiger partial charge is 0.508 e. The predicted octanol–water partition coefficient (Wildman–Crippen LogP) is 10.1. The Kier molecular flexibility index (Phi) is 10.9. The molecule has 0 aliphatic rings. The molecule has 6 N–H and O–H groups in total. The number of benzene rings is 5. The quantitative estimate of drug-likeness (QED) is 0.0313. The van der Waals surface area contributed by atoms with Crippen molar-refractivity contribution in [2.24, 2.45) is 30.7 Å². The number of aromatic hydroxyl groups is 4. The number of phenolic OH excluding ortho intramolecular Hbond substituents is 4. The Hall–Kier alpha value is -5.18. The van der Waals surface area contributed by atoms with E-state index in [-0.39, 0.29) is 45.0 Å². The van der Waals surface area contributed by atoms with Crippen LogP contribution in [-0.2, 0) is 18.7 Å². The second kappa shape index (κ2) is 15.4. The van der Waals surface area contributed by atoms with Gasteiger partial charge in [0.2, 0.25) is 0 Å². The van der Waals surface area contributed by atoms with Gasteiger partial charge in [-0.15, -0.1) is 24.0 Å². The summed E-state index contributed by atoms with van der Waals surface area (Å²) < 4.78 is 8.97. The van der Waals surface area contributed by atoms with Gasteiger partial charge in [-0.1, -0.05) is 10.1 Å². The smallest absolute Gasteiger partial charge is 0.152 e. The molecule has 0 unspecified atom stereocenters. The second-order valence-electron chi connectivity index (χ2n) is 9.32. The minimum absolute atomic E-state index is 0.0543. The highest BCUT2D eigenvalue weighted by molar-refractivity contribution is 7.94. The van der Waals surface area contributed by atoms with E-state index < -0.39 is 0 Å². The van der Waals surface area contributed by atoms with Crippen LogP contribution in [0.1, 0.15) is 5.56 Å². The molecule has 5 aromatic rings. The lowest BCUT2D eigenvalue weighted by molar-refractivity contribution is -0.432. The average molecular weight is 679 g/mol. The monoisotopic (exact) mass is 678 g/mol. The average Bonchev–Trinajstić information content (AvgIpc) is 3.06. The second-order valence-corrected chi connectivity index (χ2v) is 10.8. The Morgan fingerprint density at radius 1 is 0.574 bits per heavy atom. The van der Waals surface area contributed by atoms with Gasteiger partial charge in [0, 0.05) is 22.4 Å². The van der Waals surface area contributed by atoms with Crippen LogP contribution in [0.4, 0.5) is 34.1 Å². The molecule has 5 rings (SSSR count). The van der Waals surface area contributed by atoms with Crippen molar-refractivity contribution in [3.05, 3.63) is 84.4 Å². The molecule has 0 spiro atoms. The zero-order valence-corrected chi connectivity index (χ0v) is 25.5. The summed E-state index contributed by atoms with van der Waals surface area (Å²) in [5.74, 6) is -0.941. The van der Waals surface area contributed by atoms with E-state index in [9.17, 15) is 20.4 Å². The molecule has 0 heterocycles. The van der Waals surface area contributed by atoms with Crippen LogP contribution in [0.5, 0.6) is 23.0 Å². The first-order valence-electron chi connectivity index (χ1n) is 13.1. The van der Waals surface area contributed by atoms with Crippen molar-refractivity contribution >= 4 is 69.0 Å². The molecular formula is C29H22N6O10S2. The molecule has 16 nitrogen and oxygen atoms in total. The molecule has 0 aliphatic carbocycles. The van der Waals surface area contributed by atoms with Gasteiger partial charge in [0.25, 0.3) is 0 Å². The molecular weight excluding hydrogens is 656 g/mol. The summed E-state index contributed by atoms with van der Waals surface area (Å²) in [5.41, 5.74) is 2.00. The number of azo groups is 3. The van der Waals surface area contributed by atoms with E-state index in [1.165, 1.54) is 24.3 Å². The van der Waals surface area contributed by atoms with Gasteiger partial charge < -0.3 is 20.4 Å². The molecule has 5 aromatic carbocycles. The van der Waals surface area contributed by atoms with Gasteiger partial charge in [0.1, 0.15) is 34.3 Å².